The summed E-state index contributed by atoms with van der Waals surface area (Å²) in [5.74, 6) is -0.440. The molecule has 1 rings (SSSR count). The van der Waals surface area contributed by atoms with E-state index in [0.717, 1.165) is 10.4 Å². The molecule has 78 valence electrons. The van der Waals surface area contributed by atoms with Crippen molar-refractivity contribution < 1.29 is 13.2 Å². The lowest BCUT2D eigenvalue weighted by atomic mass is 10.2. The molecule has 0 aromatic heterocycles. The van der Waals surface area contributed by atoms with E-state index in [1.54, 1.807) is 0 Å². The molecule has 0 amide bonds. The fourth-order valence-corrected chi connectivity index (χ4v) is 1.41. The Morgan fingerprint density at radius 2 is 2.29 bits per heavy atom. The van der Waals surface area contributed by atoms with Crippen LogP contribution in [0.5, 0.6) is 0 Å². The van der Waals surface area contributed by atoms with Crippen molar-refractivity contribution in [3.8, 4) is 0 Å². The van der Waals surface area contributed by atoms with Crippen molar-refractivity contribution >= 4 is 22.9 Å². The molecule has 14 heavy (non-hydrogen) atoms. The summed E-state index contributed by atoms with van der Waals surface area (Å²) in [6.45, 7) is 0.134. The van der Waals surface area contributed by atoms with E-state index in [-0.39, 0.29) is 11.6 Å². The molecule has 3 nitrogen and oxygen atoms in total. The van der Waals surface area contributed by atoms with Gasteiger partial charge in [0.25, 0.3) is 0 Å². The Hall–Kier alpha value is -0.490. The summed E-state index contributed by atoms with van der Waals surface area (Å²) < 4.78 is 34.7. The first-order valence-electron chi connectivity index (χ1n) is 3.75. The topological polar surface area (TPSA) is 43.4 Å². The van der Waals surface area contributed by atoms with Crippen LogP contribution in [0.1, 0.15) is 5.56 Å². The van der Waals surface area contributed by atoms with Crippen LogP contribution in [0.25, 0.3) is 0 Å². The van der Waals surface area contributed by atoms with E-state index in [0.29, 0.717) is 5.56 Å². The monoisotopic (exact) mass is 236 g/mol. The van der Waals surface area contributed by atoms with Gasteiger partial charge >= 0.3 is 0 Å². The standard InChI is InChI=1S/C8H9ClFNO2S/c1-11(14(12)13)5-6-2-3-7(10)4-8(6)9/h2-4H,5H2,1H3,(H,12,13)/p-1. The highest BCUT2D eigenvalue weighted by molar-refractivity contribution is 7.76. The van der Waals surface area contributed by atoms with Crippen molar-refractivity contribution in [3.63, 3.8) is 0 Å². The molecule has 0 aliphatic rings. The van der Waals surface area contributed by atoms with Crippen LogP contribution in [0.15, 0.2) is 18.2 Å². The first-order chi connectivity index (χ1) is 6.50. The summed E-state index contributed by atoms with van der Waals surface area (Å²) in [5, 5.41) is 0.224. The van der Waals surface area contributed by atoms with Gasteiger partial charge in [0.15, 0.2) is 0 Å². The molecule has 0 heterocycles. The lowest BCUT2D eigenvalue weighted by Gasteiger charge is -2.19. The van der Waals surface area contributed by atoms with Crippen molar-refractivity contribution in [2.24, 2.45) is 0 Å². The molecule has 0 saturated heterocycles. The minimum Gasteiger partial charge on any atom is -0.760 e. The second-order valence-electron chi connectivity index (χ2n) is 2.74. The highest BCUT2D eigenvalue weighted by Crippen LogP contribution is 2.18. The van der Waals surface area contributed by atoms with Crippen LogP contribution in [0, 0.1) is 5.82 Å². The lowest BCUT2D eigenvalue weighted by Crippen LogP contribution is -2.20. The summed E-state index contributed by atoms with van der Waals surface area (Å²) in [7, 11) is 1.41. The predicted molar refractivity (Wildman–Crippen MR) is 51.8 cm³/mol. The van der Waals surface area contributed by atoms with Crippen molar-refractivity contribution in [3.05, 3.63) is 34.6 Å². The van der Waals surface area contributed by atoms with Gasteiger partial charge in [0, 0.05) is 22.8 Å². The quantitative estimate of drug-likeness (QED) is 0.750. The molecule has 1 aromatic carbocycles. The average molecular weight is 237 g/mol. The minimum absolute atomic E-state index is 0.134. The molecule has 6 heteroatoms. The first kappa shape index (κ1) is 11.6. The molecule has 0 fully saturated rings. The Bertz CT molecular complexity index is 361. The molecule has 0 N–H and O–H groups in total. The van der Waals surface area contributed by atoms with E-state index >= 15 is 0 Å². The van der Waals surface area contributed by atoms with Crippen LogP contribution in [-0.2, 0) is 17.8 Å². The number of hydrogen-bond donors (Lipinski definition) is 0. The molecular weight excluding hydrogens is 229 g/mol. The summed E-state index contributed by atoms with van der Waals surface area (Å²) in [6.07, 6.45) is 0. The largest absolute Gasteiger partial charge is 0.760 e. The Balaban J connectivity index is 2.82. The average Bonchev–Trinajstić information content (AvgIpc) is 2.09. The van der Waals surface area contributed by atoms with Crippen molar-refractivity contribution in [2.75, 3.05) is 7.05 Å². The summed E-state index contributed by atoms with van der Waals surface area (Å²) in [6, 6.07) is 3.85. The van der Waals surface area contributed by atoms with Crippen LogP contribution in [0.2, 0.25) is 5.02 Å². The second-order valence-corrected chi connectivity index (χ2v) is 4.20. The highest BCUT2D eigenvalue weighted by atomic mass is 35.5. The molecule has 0 aliphatic carbocycles. The van der Waals surface area contributed by atoms with E-state index in [9.17, 15) is 13.2 Å². The normalized spacial score (nSPS) is 13.2. The maximum absolute atomic E-state index is 12.6. The molecule has 1 aromatic rings. The summed E-state index contributed by atoms with van der Waals surface area (Å²) in [4.78, 5) is 0. The van der Waals surface area contributed by atoms with Crippen LogP contribution in [0.3, 0.4) is 0 Å². The third kappa shape index (κ3) is 3.02. The van der Waals surface area contributed by atoms with Crippen molar-refractivity contribution in [1.82, 2.24) is 4.31 Å². The van der Waals surface area contributed by atoms with Crippen LogP contribution < -0.4 is 0 Å². The van der Waals surface area contributed by atoms with Gasteiger partial charge in [-0.05, 0) is 24.7 Å². The van der Waals surface area contributed by atoms with E-state index < -0.39 is 17.1 Å². The van der Waals surface area contributed by atoms with E-state index in [2.05, 4.69) is 0 Å². The lowest BCUT2D eigenvalue weighted by molar-refractivity contribution is 0.430. The Kier molecular flexibility index (Phi) is 4.00. The molecule has 0 aliphatic heterocycles. The molecule has 0 bridgehead atoms. The van der Waals surface area contributed by atoms with Crippen LogP contribution in [-0.4, -0.2) is 20.1 Å². The van der Waals surface area contributed by atoms with Gasteiger partial charge in [-0.2, -0.15) is 0 Å². The highest BCUT2D eigenvalue weighted by Gasteiger charge is 2.05. The predicted octanol–water partition coefficient (Wildman–Crippen LogP) is 1.70. The van der Waals surface area contributed by atoms with Gasteiger partial charge in [-0.25, -0.2) is 8.70 Å². The van der Waals surface area contributed by atoms with Gasteiger partial charge in [0.05, 0.1) is 0 Å². The first-order valence-corrected chi connectivity index (χ1v) is 5.16. The summed E-state index contributed by atoms with van der Waals surface area (Å²) in [5.41, 5.74) is 0.569. The van der Waals surface area contributed by atoms with Gasteiger partial charge in [-0.15, -0.1) is 0 Å². The van der Waals surface area contributed by atoms with Crippen molar-refractivity contribution in [1.29, 1.82) is 0 Å². The number of benzene rings is 1. The molecule has 0 saturated carbocycles. The SMILES string of the molecule is CN(Cc1ccc(F)cc1Cl)S(=O)[O-]. The number of halogens is 2. The van der Waals surface area contributed by atoms with Gasteiger partial charge in [0.1, 0.15) is 5.82 Å². The van der Waals surface area contributed by atoms with Gasteiger partial charge in [-0.1, -0.05) is 17.7 Å². The maximum Gasteiger partial charge on any atom is 0.124 e. The third-order valence-electron chi connectivity index (χ3n) is 1.66. The van der Waals surface area contributed by atoms with Crippen molar-refractivity contribution in [2.45, 2.75) is 6.54 Å². The van der Waals surface area contributed by atoms with E-state index in [4.69, 9.17) is 11.6 Å². The minimum atomic E-state index is -2.29. The van der Waals surface area contributed by atoms with Gasteiger partial charge < -0.3 is 4.55 Å². The van der Waals surface area contributed by atoms with E-state index in [1.165, 1.54) is 19.2 Å². The third-order valence-corrected chi connectivity index (χ3v) is 2.65. The smallest absolute Gasteiger partial charge is 0.124 e. The molecular formula is C8H8ClFNO2S-. The summed E-state index contributed by atoms with van der Waals surface area (Å²) >= 11 is 3.42. The number of hydrogen-bond acceptors (Lipinski definition) is 2. The zero-order valence-corrected chi connectivity index (χ0v) is 8.94. The second kappa shape index (κ2) is 4.84. The Morgan fingerprint density at radius 1 is 1.64 bits per heavy atom. The Labute approximate surface area is 88.9 Å². The fraction of sp³-hybridized carbons (Fsp3) is 0.250. The van der Waals surface area contributed by atoms with Crippen LogP contribution in [0.4, 0.5) is 4.39 Å². The maximum atomic E-state index is 12.6. The molecule has 1 unspecified atom stereocenters. The zero-order valence-electron chi connectivity index (χ0n) is 7.37. The number of nitrogens with zero attached hydrogens (tertiary/aromatic N) is 1. The fourth-order valence-electron chi connectivity index (χ4n) is 0.943. The van der Waals surface area contributed by atoms with E-state index in [1.807, 2.05) is 0 Å². The van der Waals surface area contributed by atoms with Gasteiger partial charge in [0.2, 0.25) is 0 Å². The Morgan fingerprint density at radius 3 is 2.79 bits per heavy atom. The van der Waals surface area contributed by atoms with Gasteiger partial charge in [-0.3, -0.25) is 4.21 Å². The molecule has 0 spiro atoms. The molecule has 0 radical (unpaired) electrons. The van der Waals surface area contributed by atoms with Crippen LogP contribution >= 0.6 is 11.6 Å². The molecule has 1 atom stereocenters. The number of rotatable bonds is 3. The zero-order chi connectivity index (χ0) is 10.7.